The average molecular weight is 377 g/mol. The molecule has 7 heteroatoms. The Morgan fingerprint density at radius 2 is 1.92 bits per heavy atom. The highest BCUT2D eigenvalue weighted by molar-refractivity contribution is 7.98. The molecule has 2 aromatic carbocycles. The first-order chi connectivity index (χ1) is 12.6. The highest BCUT2D eigenvalue weighted by atomic mass is 32.2. The number of nitrogens with zero attached hydrogens (tertiary/aromatic N) is 1. The molecule has 0 spiro atoms. The van der Waals surface area contributed by atoms with Crippen LogP contribution in [0.1, 0.15) is 11.1 Å². The Bertz CT molecular complexity index is 740. The maximum Gasteiger partial charge on any atom is 0.188 e. The Labute approximate surface area is 157 Å². The smallest absolute Gasteiger partial charge is 0.188 e. The Balaban J connectivity index is 1.72. The maximum atomic E-state index is 13.5. The van der Waals surface area contributed by atoms with Gasteiger partial charge in [0.2, 0.25) is 0 Å². The van der Waals surface area contributed by atoms with Crippen molar-refractivity contribution in [2.24, 2.45) is 10.7 Å². The van der Waals surface area contributed by atoms with Gasteiger partial charge in [-0.2, -0.15) is 11.8 Å². The van der Waals surface area contributed by atoms with E-state index in [-0.39, 0.29) is 5.82 Å². The van der Waals surface area contributed by atoms with Crippen molar-refractivity contribution in [1.82, 2.24) is 5.32 Å². The van der Waals surface area contributed by atoms with Crippen LogP contribution in [0, 0.1) is 5.82 Å². The lowest BCUT2D eigenvalue weighted by Gasteiger charge is -2.09. The Morgan fingerprint density at radius 1 is 1.15 bits per heavy atom. The molecule has 2 rings (SSSR count). The number of aliphatic imine (C=N–C) groups is 1. The van der Waals surface area contributed by atoms with E-state index in [1.807, 2.05) is 24.3 Å². The Kier molecular flexibility index (Phi) is 8.08. The highest BCUT2D eigenvalue weighted by Gasteiger charge is 2.04. The number of rotatable bonds is 9. The summed E-state index contributed by atoms with van der Waals surface area (Å²) in [6, 6.07) is 12.5. The maximum absolute atomic E-state index is 13.5. The van der Waals surface area contributed by atoms with Crippen LogP contribution in [-0.2, 0) is 12.3 Å². The van der Waals surface area contributed by atoms with Gasteiger partial charge >= 0.3 is 0 Å². The van der Waals surface area contributed by atoms with Gasteiger partial charge in [-0.15, -0.1) is 0 Å². The second kappa shape index (κ2) is 10.6. The summed E-state index contributed by atoms with van der Waals surface area (Å²) in [5.41, 5.74) is 7.57. The Hall–Kier alpha value is -2.41. The molecule has 0 radical (unpaired) electrons. The molecule has 3 N–H and O–H groups in total. The van der Waals surface area contributed by atoms with Gasteiger partial charge in [-0.05, 0) is 29.3 Å². The normalized spacial score (nSPS) is 11.3. The van der Waals surface area contributed by atoms with Crippen molar-refractivity contribution < 1.29 is 13.9 Å². The molecule has 2 aromatic rings. The number of nitrogens with two attached hydrogens (primary N) is 1. The molecule has 0 bridgehead atoms. The van der Waals surface area contributed by atoms with Gasteiger partial charge in [0, 0.05) is 18.1 Å². The largest absolute Gasteiger partial charge is 0.493 e. The van der Waals surface area contributed by atoms with E-state index < -0.39 is 0 Å². The third-order valence-corrected chi connectivity index (χ3v) is 4.66. The topological polar surface area (TPSA) is 68.9 Å². The van der Waals surface area contributed by atoms with E-state index in [9.17, 15) is 4.39 Å². The molecular weight excluding hydrogens is 353 g/mol. The van der Waals surface area contributed by atoms with Crippen LogP contribution >= 0.6 is 11.8 Å². The summed E-state index contributed by atoms with van der Waals surface area (Å²) in [5.74, 6) is 3.00. The van der Waals surface area contributed by atoms with Crippen molar-refractivity contribution in [3.63, 3.8) is 0 Å². The summed E-state index contributed by atoms with van der Waals surface area (Å²) in [6.45, 7) is 1.11. The van der Waals surface area contributed by atoms with E-state index in [1.54, 1.807) is 38.1 Å². The van der Waals surface area contributed by atoms with Crippen LogP contribution in [0.2, 0.25) is 0 Å². The SMILES string of the molecule is COc1ccc(CN=C(N)NCCSCc2ccccc2F)cc1OC. The minimum absolute atomic E-state index is 0.163. The van der Waals surface area contributed by atoms with Gasteiger partial charge in [0.15, 0.2) is 17.5 Å². The summed E-state index contributed by atoms with van der Waals surface area (Å²) in [4.78, 5) is 4.31. The lowest BCUT2D eigenvalue weighted by molar-refractivity contribution is 0.354. The third kappa shape index (κ3) is 6.15. The molecule has 0 aliphatic rings. The first-order valence-corrected chi connectivity index (χ1v) is 9.35. The van der Waals surface area contributed by atoms with Gasteiger partial charge in [0.1, 0.15) is 5.82 Å². The molecule has 0 atom stereocenters. The molecule has 140 valence electrons. The summed E-state index contributed by atoms with van der Waals surface area (Å²) in [7, 11) is 3.20. The van der Waals surface area contributed by atoms with Crippen molar-refractivity contribution in [2.75, 3.05) is 26.5 Å². The van der Waals surface area contributed by atoms with Gasteiger partial charge < -0.3 is 20.5 Å². The molecule has 0 heterocycles. The first-order valence-electron chi connectivity index (χ1n) is 8.20. The molecule has 0 saturated carbocycles. The van der Waals surface area contributed by atoms with Crippen molar-refractivity contribution in [3.8, 4) is 11.5 Å². The minimum Gasteiger partial charge on any atom is -0.493 e. The van der Waals surface area contributed by atoms with Crippen LogP contribution in [0.25, 0.3) is 0 Å². The van der Waals surface area contributed by atoms with E-state index in [0.29, 0.717) is 41.9 Å². The number of methoxy groups -OCH3 is 2. The quantitative estimate of drug-likeness (QED) is 0.399. The number of ether oxygens (including phenoxy) is 2. The van der Waals surface area contributed by atoms with Crippen LogP contribution in [0.15, 0.2) is 47.5 Å². The minimum atomic E-state index is -0.163. The molecular formula is C19H24FN3O2S. The van der Waals surface area contributed by atoms with Crippen molar-refractivity contribution >= 4 is 17.7 Å². The first kappa shape index (κ1) is 19.9. The molecule has 0 aromatic heterocycles. The fourth-order valence-corrected chi connectivity index (χ4v) is 3.10. The highest BCUT2D eigenvalue weighted by Crippen LogP contribution is 2.27. The van der Waals surface area contributed by atoms with E-state index in [0.717, 1.165) is 11.3 Å². The van der Waals surface area contributed by atoms with E-state index in [1.165, 1.54) is 6.07 Å². The molecule has 0 aliphatic carbocycles. The summed E-state index contributed by atoms with van der Waals surface area (Å²) in [5, 5.41) is 3.06. The molecule has 0 aliphatic heterocycles. The average Bonchev–Trinajstić information content (AvgIpc) is 2.67. The third-order valence-electron chi connectivity index (χ3n) is 3.65. The number of benzene rings is 2. The van der Waals surface area contributed by atoms with Gasteiger partial charge in [0.05, 0.1) is 20.8 Å². The zero-order valence-electron chi connectivity index (χ0n) is 15.0. The zero-order chi connectivity index (χ0) is 18.8. The van der Waals surface area contributed by atoms with E-state index in [2.05, 4.69) is 10.3 Å². The zero-order valence-corrected chi connectivity index (χ0v) is 15.8. The summed E-state index contributed by atoms with van der Waals surface area (Å²) in [6.07, 6.45) is 0. The molecule has 0 unspecified atom stereocenters. The molecule has 0 amide bonds. The number of nitrogens with one attached hydrogen (secondary N) is 1. The number of hydrogen-bond acceptors (Lipinski definition) is 4. The fraction of sp³-hybridized carbons (Fsp3) is 0.316. The number of guanidine groups is 1. The van der Waals surface area contributed by atoms with Crippen LogP contribution in [0.5, 0.6) is 11.5 Å². The molecule has 0 saturated heterocycles. The van der Waals surface area contributed by atoms with Gasteiger partial charge in [0.25, 0.3) is 0 Å². The second-order valence-corrected chi connectivity index (χ2v) is 6.57. The number of thioether (sulfide) groups is 1. The summed E-state index contributed by atoms with van der Waals surface area (Å²) >= 11 is 1.64. The van der Waals surface area contributed by atoms with Gasteiger partial charge in [-0.1, -0.05) is 24.3 Å². The predicted octanol–water partition coefficient (Wildman–Crippen LogP) is 3.18. The van der Waals surface area contributed by atoms with Gasteiger partial charge in [-0.3, -0.25) is 0 Å². The lowest BCUT2D eigenvalue weighted by Crippen LogP contribution is -2.33. The second-order valence-electron chi connectivity index (χ2n) is 5.46. The fourth-order valence-electron chi connectivity index (χ4n) is 2.26. The number of hydrogen-bond donors (Lipinski definition) is 2. The predicted molar refractivity (Wildman–Crippen MR) is 105 cm³/mol. The van der Waals surface area contributed by atoms with Crippen molar-refractivity contribution in [3.05, 3.63) is 59.4 Å². The van der Waals surface area contributed by atoms with Crippen molar-refractivity contribution in [1.29, 1.82) is 0 Å². The number of halogens is 1. The molecule has 0 fully saturated rings. The van der Waals surface area contributed by atoms with Gasteiger partial charge in [-0.25, -0.2) is 9.38 Å². The Morgan fingerprint density at radius 3 is 2.65 bits per heavy atom. The summed E-state index contributed by atoms with van der Waals surface area (Å²) < 4.78 is 24.0. The monoisotopic (exact) mass is 377 g/mol. The van der Waals surface area contributed by atoms with Crippen molar-refractivity contribution in [2.45, 2.75) is 12.3 Å². The van der Waals surface area contributed by atoms with Crippen LogP contribution in [-0.4, -0.2) is 32.5 Å². The lowest BCUT2D eigenvalue weighted by atomic mass is 10.2. The van der Waals surface area contributed by atoms with E-state index in [4.69, 9.17) is 15.2 Å². The van der Waals surface area contributed by atoms with Crippen LogP contribution in [0.3, 0.4) is 0 Å². The van der Waals surface area contributed by atoms with Crippen LogP contribution in [0.4, 0.5) is 4.39 Å². The van der Waals surface area contributed by atoms with E-state index >= 15 is 0 Å². The molecule has 5 nitrogen and oxygen atoms in total. The standard InChI is InChI=1S/C19H24FN3O2S/c1-24-17-8-7-14(11-18(17)25-2)12-23-19(21)22-9-10-26-13-15-5-3-4-6-16(15)20/h3-8,11H,9-10,12-13H2,1-2H3,(H3,21,22,23). The molecule has 26 heavy (non-hydrogen) atoms. The van der Waals surface area contributed by atoms with Crippen LogP contribution < -0.4 is 20.5 Å².